The molecule has 0 aliphatic rings. The van der Waals surface area contributed by atoms with Crippen LogP contribution in [0.15, 0.2) is 29.1 Å². The monoisotopic (exact) mass is 263 g/mol. The van der Waals surface area contributed by atoms with E-state index in [2.05, 4.69) is 4.84 Å². The van der Waals surface area contributed by atoms with Gasteiger partial charge in [0.15, 0.2) is 0 Å². The first kappa shape index (κ1) is 11.6. The van der Waals surface area contributed by atoms with Gasteiger partial charge in [-0.05, 0) is 12.1 Å². The topological polar surface area (TPSA) is 48.3 Å². The van der Waals surface area contributed by atoms with Crippen LogP contribution in [0.3, 0.4) is 0 Å². The molecule has 2 aromatic rings. The number of nitrogens with zero attached hydrogens (tertiary/aromatic N) is 1. The van der Waals surface area contributed by atoms with Gasteiger partial charge in [0, 0.05) is 0 Å². The van der Waals surface area contributed by atoms with Gasteiger partial charge in [-0.1, -0.05) is 23.5 Å². The maximum atomic E-state index is 12.0. The zero-order valence-electron chi connectivity index (χ0n) is 8.02. The molecule has 0 saturated carbocycles. The van der Waals surface area contributed by atoms with E-state index in [1.54, 1.807) is 12.1 Å². The van der Waals surface area contributed by atoms with E-state index in [-0.39, 0.29) is 5.52 Å². The second-order valence-corrected chi connectivity index (χ2v) is 4.00. The number of para-hydroxylation sites is 1. The van der Waals surface area contributed by atoms with Gasteiger partial charge >= 0.3 is 17.0 Å². The summed E-state index contributed by atoms with van der Waals surface area (Å²) in [5.41, 5.74) is 0.125. The van der Waals surface area contributed by atoms with E-state index in [1.165, 1.54) is 12.1 Å². The Balaban J connectivity index is 2.46. The first-order valence-corrected chi connectivity index (χ1v) is 5.11. The zero-order valence-corrected chi connectivity index (χ0v) is 8.84. The average molecular weight is 263 g/mol. The van der Waals surface area contributed by atoms with Crippen molar-refractivity contribution in [3.05, 3.63) is 33.9 Å². The summed E-state index contributed by atoms with van der Waals surface area (Å²) in [6.07, 6.45) is -5.14. The standard InChI is InChI=1S/C9H4F3NO3S/c10-9(11,12)7(14)16-13-5-3-1-2-4-6(5)17-8(13)15/h1-4H. The van der Waals surface area contributed by atoms with Crippen molar-refractivity contribution in [2.75, 3.05) is 0 Å². The number of hydrogen-bond acceptors (Lipinski definition) is 4. The molecule has 0 bridgehead atoms. The third kappa shape index (κ3) is 2.16. The van der Waals surface area contributed by atoms with E-state index in [0.29, 0.717) is 20.8 Å². The lowest BCUT2D eigenvalue weighted by molar-refractivity contribution is -0.199. The van der Waals surface area contributed by atoms with Gasteiger partial charge in [0.1, 0.15) is 5.52 Å². The Kier molecular flexibility index (Phi) is 2.66. The molecule has 0 amide bonds. The molecule has 0 fully saturated rings. The SMILES string of the molecule is O=C(On1c(=O)sc2ccccc21)C(F)(F)F. The Bertz CT molecular complexity index is 628. The summed E-state index contributed by atoms with van der Waals surface area (Å²) >= 11 is 0.694. The number of benzene rings is 1. The molecule has 4 nitrogen and oxygen atoms in total. The Hall–Kier alpha value is -1.83. The molecular weight excluding hydrogens is 259 g/mol. The van der Waals surface area contributed by atoms with E-state index in [0.717, 1.165) is 0 Å². The molecule has 2 rings (SSSR count). The van der Waals surface area contributed by atoms with Gasteiger partial charge in [-0.25, -0.2) is 4.79 Å². The van der Waals surface area contributed by atoms with Gasteiger partial charge in [-0.15, -0.1) is 4.73 Å². The predicted molar refractivity (Wildman–Crippen MR) is 53.7 cm³/mol. The number of rotatable bonds is 1. The fourth-order valence-corrected chi connectivity index (χ4v) is 1.98. The van der Waals surface area contributed by atoms with Gasteiger partial charge in [0.05, 0.1) is 4.70 Å². The third-order valence-electron chi connectivity index (χ3n) is 1.85. The Morgan fingerprint density at radius 3 is 2.59 bits per heavy atom. The Labute approximate surface area is 95.8 Å². The van der Waals surface area contributed by atoms with Crippen molar-refractivity contribution in [2.24, 2.45) is 0 Å². The molecular formula is C9H4F3NO3S. The number of aromatic nitrogens is 1. The average Bonchev–Trinajstić information content (AvgIpc) is 2.54. The molecule has 1 heterocycles. The molecule has 90 valence electrons. The van der Waals surface area contributed by atoms with Gasteiger partial charge in [0.2, 0.25) is 0 Å². The van der Waals surface area contributed by atoms with E-state index < -0.39 is 17.0 Å². The molecule has 0 unspecified atom stereocenters. The normalized spacial score (nSPS) is 11.7. The molecule has 0 atom stereocenters. The van der Waals surface area contributed by atoms with Crippen LogP contribution in [-0.2, 0) is 4.79 Å². The third-order valence-corrected chi connectivity index (χ3v) is 2.76. The summed E-state index contributed by atoms with van der Waals surface area (Å²) in [5.74, 6) is -2.43. The lowest BCUT2D eigenvalue weighted by atomic mass is 10.3. The first-order valence-electron chi connectivity index (χ1n) is 4.29. The van der Waals surface area contributed by atoms with Gasteiger partial charge < -0.3 is 4.84 Å². The van der Waals surface area contributed by atoms with Gasteiger partial charge in [-0.2, -0.15) is 13.2 Å². The van der Waals surface area contributed by atoms with E-state index in [9.17, 15) is 22.8 Å². The molecule has 1 aromatic heterocycles. The summed E-state index contributed by atoms with van der Waals surface area (Å²) in [4.78, 5) is 25.2. The van der Waals surface area contributed by atoms with Gasteiger partial charge in [0.25, 0.3) is 0 Å². The number of thiazole rings is 1. The number of halogens is 3. The van der Waals surface area contributed by atoms with Crippen LogP contribution < -0.4 is 9.71 Å². The smallest absolute Gasteiger partial charge is 0.323 e. The van der Waals surface area contributed by atoms with Gasteiger partial charge in [-0.3, -0.25) is 4.79 Å². The first-order chi connectivity index (χ1) is 7.89. The highest BCUT2D eigenvalue weighted by molar-refractivity contribution is 7.16. The molecule has 0 saturated heterocycles. The molecule has 0 N–H and O–H groups in total. The van der Waals surface area contributed by atoms with Crippen LogP contribution in [0.5, 0.6) is 0 Å². The lowest BCUT2D eigenvalue weighted by Gasteiger charge is -2.06. The highest BCUT2D eigenvalue weighted by Crippen LogP contribution is 2.18. The van der Waals surface area contributed by atoms with Crippen molar-refractivity contribution < 1.29 is 22.8 Å². The maximum Gasteiger partial charge on any atom is 0.493 e. The van der Waals surface area contributed by atoms with Crippen molar-refractivity contribution in [1.82, 2.24) is 4.73 Å². The molecule has 0 aliphatic carbocycles. The quantitative estimate of drug-likeness (QED) is 0.784. The van der Waals surface area contributed by atoms with Crippen molar-refractivity contribution in [3.8, 4) is 0 Å². The highest BCUT2D eigenvalue weighted by atomic mass is 32.1. The molecule has 0 radical (unpaired) electrons. The van der Waals surface area contributed by atoms with E-state index >= 15 is 0 Å². The minimum absolute atomic E-state index is 0.125. The molecule has 8 heteroatoms. The highest BCUT2D eigenvalue weighted by Gasteiger charge is 2.42. The summed E-state index contributed by atoms with van der Waals surface area (Å²) in [6, 6.07) is 6.07. The van der Waals surface area contributed by atoms with Crippen LogP contribution in [0.4, 0.5) is 13.2 Å². The predicted octanol–water partition coefficient (Wildman–Crippen LogP) is 1.58. The van der Waals surface area contributed by atoms with Crippen LogP contribution >= 0.6 is 11.3 Å². The van der Waals surface area contributed by atoms with E-state index in [4.69, 9.17) is 0 Å². The minimum Gasteiger partial charge on any atom is -0.323 e. The number of alkyl halides is 3. The van der Waals surface area contributed by atoms with E-state index in [1.807, 2.05) is 0 Å². The molecule has 17 heavy (non-hydrogen) atoms. The summed E-state index contributed by atoms with van der Waals surface area (Å²) in [6.45, 7) is 0. The molecule has 1 aromatic carbocycles. The lowest BCUT2D eigenvalue weighted by Crippen LogP contribution is -2.36. The Morgan fingerprint density at radius 2 is 1.94 bits per heavy atom. The van der Waals surface area contributed by atoms with Crippen LogP contribution in [0.1, 0.15) is 0 Å². The Morgan fingerprint density at radius 1 is 1.29 bits per heavy atom. The number of carbonyl (C=O) groups excluding carboxylic acids is 1. The largest absolute Gasteiger partial charge is 0.493 e. The summed E-state index contributed by atoms with van der Waals surface area (Å²) in [7, 11) is 0. The van der Waals surface area contributed by atoms with Crippen LogP contribution in [0, 0.1) is 0 Å². The molecule has 0 aliphatic heterocycles. The second-order valence-electron chi connectivity index (χ2n) is 3.01. The van der Waals surface area contributed by atoms with Crippen molar-refractivity contribution >= 4 is 27.5 Å². The minimum atomic E-state index is -5.14. The van der Waals surface area contributed by atoms with Crippen molar-refractivity contribution in [2.45, 2.75) is 6.18 Å². The van der Waals surface area contributed by atoms with Crippen LogP contribution in [0.2, 0.25) is 0 Å². The number of fused-ring (bicyclic) bond motifs is 1. The maximum absolute atomic E-state index is 12.0. The number of carbonyl (C=O) groups is 1. The fourth-order valence-electron chi connectivity index (χ4n) is 1.17. The zero-order chi connectivity index (χ0) is 12.6. The van der Waals surface area contributed by atoms with Crippen LogP contribution in [0.25, 0.3) is 10.2 Å². The van der Waals surface area contributed by atoms with Crippen LogP contribution in [-0.4, -0.2) is 16.9 Å². The number of hydrogen-bond donors (Lipinski definition) is 0. The molecule has 0 spiro atoms. The fraction of sp³-hybridized carbons (Fsp3) is 0.111. The second kappa shape index (κ2) is 3.88. The summed E-state index contributed by atoms with van der Waals surface area (Å²) in [5, 5.41) is 0. The summed E-state index contributed by atoms with van der Waals surface area (Å²) < 4.78 is 36.7. The van der Waals surface area contributed by atoms with Crippen molar-refractivity contribution in [1.29, 1.82) is 0 Å². The van der Waals surface area contributed by atoms with Crippen molar-refractivity contribution in [3.63, 3.8) is 0 Å².